The minimum Gasteiger partial charge on any atom is -0.481 e. The van der Waals surface area contributed by atoms with Gasteiger partial charge in [-0.3, -0.25) is 9.59 Å². The van der Waals surface area contributed by atoms with Gasteiger partial charge in [0, 0.05) is 26.6 Å². The highest BCUT2D eigenvalue weighted by atomic mass is 16.5. The third-order valence-electron chi connectivity index (χ3n) is 3.22. The van der Waals surface area contributed by atoms with Gasteiger partial charge in [0.25, 0.3) is 0 Å². The maximum absolute atomic E-state index is 12.0. The van der Waals surface area contributed by atoms with E-state index in [1.807, 2.05) is 0 Å². The first kappa shape index (κ1) is 14.9. The van der Waals surface area contributed by atoms with Crippen LogP contribution in [-0.2, 0) is 14.3 Å². The number of hydrogen-bond donors (Lipinski definition) is 2. The van der Waals surface area contributed by atoms with Crippen molar-refractivity contribution in [3.8, 4) is 0 Å². The quantitative estimate of drug-likeness (QED) is 0.703. The molecule has 6 heteroatoms. The Morgan fingerprint density at radius 3 is 2.89 bits per heavy atom. The fourth-order valence-corrected chi connectivity index (χ4v) is 2.27. The Labute approximate surface area is 107 Å². The number of nitrogens with two attached hydrogens (primary N) is 1. The first-order chi connectivity index (χ1) is 8.54. The molecule has 1 rings (SSSR count). The van der Waals surface area contributed by atoms with Gasteiger partial charge in [0.2, 0.25) is 5.91 Å². The van der Waals surface area contributed by atoms with E-state index in [1.165, 1.54) is 0 Å². The highest BCUT2D eigenvalue weighted by Crippen LogP contribution is 2.17. The number of amides is 1. The van der Waals surface area contributed by atoms with Crippen LogP contribution in [0.5, 0.6) is 0 Å². The highest BCUT2D eigenvalue weighted by Gasteiger charge is 2.27. The first-order valence-corrected chi connectivity index (χ1v) is 6.29. The van der Waals surface area contributed by atoms with E-state index in [0.29, 0.717) is 25.6 Å². The van der Waals surface area contributed by atoms with E-state index in [2.05, 4.69) is 0 Å². The molecule has 1 amide bonds. The number of carbonyl (C=O) groups excluding carboxylic acids is 1. The minimum atomic E-state index is -0.922. The average molecular weight is 258 g/mol. The summed E-state index contributed by atoms with van der Waals surface area (Å²) in [6.07, 6.45) is 2.13. The average Bonchev–Trinajstić information content (AvgIpc) is 2.35. The predicted molar refractivity (Wildman–Crippen MR) is 66.0 cm³/mol. The molecule has 0 aromatic heterocycles. The smallest absolute Gasteiger partial charge is 0.303 e. The van der Waals surface area contributed by atoms with Crippen LogP contribution >= 0.6 is 0 Å². The zero-order valence-electron chi connectivity index (χ0n) is 10.8. The summed E-state index contributed by atoms with van der Waals surface area (Å²) in [6.45, 7) is 2.02. The molecule has 1 fully saturated rings. The van der Waals surface area contributed by atoms with Crippen molar-refractivity contribution in [2.45, 2.75) is 31.7 Å². The molecule has 0 spiro atoms. The van der Waals surface area contributed by atoms with Gasteiger partial charge in [-0.15, -0.1) is 0 Å². The lowest BCUT2D eigenvalue weighted by molar-refractivity contribution is -0.138. The maximum Gasteiger partial charge on any atom is 0.303 e. The zero-order valence-corrected chi connectivity index (χ0v) is 10.8. The first-order valence-electron chi connectivity index (χ1n) is 6.29. The van der Waals surface area contributed by atoms with E-state index < -0.39 is 12.0 Å². The number of carboxylic acid groups (broad SMARTS) is 1. The Bertz CT molecular complexity index is 294. The topological polar surface area (TPSA) is 92.9 Å². The number of hydrogen-bond acceptors (Lipinski definition) is 4. The fraction of sp³-hybridized carbons (Fsp3) is 0.833. The molecule has 0 saturated carbocycles. The summed E-state index contributed by atoms with van der Waals surface area (Å²) >= 11 is 0. The van der Waals surface area contributed by atoms with Crippen LogP contribution in [-0.4, -0.2) is 54.7 Å². The van der Waals surface area contributed by atoms with Gasteiger partial charge < -0.3 is 20.5 Å². The van der Waals surface area contributed by atoms with Gasteiger partial charge >= 0.3 is 5.97 Å². The summed E-state index contributed by atoms with van der Waals surface area (Å²) in [5, 5.41) is 8.57. The molecule has 0 aliphatic carbocycles. The number of aliphatic carboxylic acids is 1. The number of carboxylic acids is 1. The fourth-order valence-electron chi connectivity index (χ4n) is 2.27. The van der Waals surface area contributed by atoms with Crippen molar-refractivity contribution in [2.24, 2.45) is 11.7 Å². The van der Waals surface area contributed by atoms with Crippen LogP contribution in [0.4, 0.5) is 0 Å². The molecular formula is C12H22N2O4. The SMILES string of the molecule is COCC1CCCN(C(=O)C(N)CCC(=O)O)C1. The number of likely N-dealkylation sites (tertiary alicyclic amines) is 1. The number of nitrogens with zero attached hydrogens (tertiary/aromatic N) is 1. The molecule has 0 aromatic carbocycles. The zero-order chi connectivity index (χ0) is 13.5. The summed E-state index contributed by atoms with van der Waals surface area (Å²) in [5.41, 5.74) is 5.73. The Hall–Kier alpha value is -1.14. The van der Waals surface area contributed by atoms with Crippen LogP contribution in [0.25, 0.3) is 0 Å². The third-order valence-corrected chi connectivity index (χ3v) is 3.22. The minimum absolute atomic E-state index is 0.0672. The number of methoxy groups -OCH3 is 1. The molecule has 1 saturated heterocycles. The molecule has 0 bridgehead atoms. The molecule has 2 atom stereocenters. The Balaban J connectivity index is 2.42. The molecule has 6 nitrogen and oxygen atoms in total. The van der Waals surface area contributed by atoms with Crippen molar-refractivity contribution in [1.82, 2.24) is 4.90 Å². The van der Waals surface area contributed by atoms with Gasteiger partial charge in [0.1, 0.15) is 0 Å². The summed E-state index contributed by atoms with van der Waals surface area (Å²) in [4.78, 5) is 24.2. The maximum atomic E-state index is 12.0. The molecule has 0 radical (unpaired) electrons. The molecule has 1 aliphatic rings. The summed E-state index contributed by atoms with van der Waals surface area (Å²) in [7, 11) is 1.65. The van der Waals surface area contributed by atoms with E-state index in [9.17, 15) is 9.59 Å². The molecular weight excluding hydrogens is 236 g/mol. The van der Waals surface area contributed by atoms with Crippen molar-refractivity contribution in [1.29, 1.82) is 0 Å². The Kier molecular flexibility index (Phi) is 6.07. The molecule has 104 valence electrons. The van der Waals surface area contributed by atoms with E-state index in [1.54, 1.807) is 12.0 Å². The second-order valence-corrected chi connectivity index (χ2v) is 4.79. The normalized spacial score (nSPS) is 21.7. The second-order valence-electron chi connectivity index (χ2n) is 4.79. The van der Waals surface area contributed by atoms with Crippen LogP contribution in [0.3, 0.4) is 0 Å². The number of carbonyl (C=O) groups is 2. The van der Waals surface area contributed by atoms with Gasteiger partial charge in [-0.1, -0.05) is 0 Å². The summed E-state index contributed by atoms with van der Waals surface area (Å²) in [6, 6.07) is -0.706. The monoisotopic (exact) mass is 258 g/mol. The van der Waals surface area contributed by atoms with E-state index >= 15 is 0 Å². The summed E-state index contributed by atoms with van der Waals surface area (Å²) < 4.78 is 5.10. The van der Waals surface area contributed by atoms with Crippen molar-refractivity contribution in [3.63, 3.8) is 0 Å². The molecule has 1 heterocycles. The van der Waals surface area contributed by atoms with Gasteiger partial charge in [-0.05, 0) is 25.2 Å². The standard InChI is InChI=1S/C12H22N2O4/c1-18-8-9-3-2-6-14(7-9)12(17)10(13)4-5-11(15)16/h9-10H,2-8,13H2,1H3,(H,15,16). The number of ether oxygens (including phenoxy) is 1. The highest BCUT2D eigenvalue weighted by molar-refractivity contribution is 5.82. The summed E-state index contributed by atoms with van der Waals surface area (Å²) in [5.74, 6) is -0.703. The van der Waals surface area contributed by atoms with Crippen LogP contribution < -0.4 is 5.73 Å². The van der Waals surface area contributed by atoms with Gasteiger partial charge in [0.05, 0.1) is 12.6 Å². The van der Waals surface area contributed by atoms with E-state index in [-0.39, 0.29) is 18.7 Å². The third kappa shape index (κ3) is 4.62. The lowest BCUT2D eigenvalue weighted by atomic mass is 9.98. The van der Waals surface area contributed by atoms with Gasteiger partial charge in [-0.25, -0.2) is 0 Å². The van der Waals surface area contributed by atoms with Crippen molar-refractivity contribution >= 4 is 11.9 Å². The molecule has 0 aromatic rings. The van der Waals surface area contributed by atoms with Crippen molar-refractivity contribution in [2.75, 3.05) is 26.8 Å². The number of piperidine rings is 1. The van der Waals surface area contributed by atoms with Crippen LogP contribution in [0.2, 0.25) is 0 Å². The largest absolute Gasteiger partial charge is 0.481 e. The van der Waals surface area contributed by atoms with E-state index in [4.69, 9.17) is 15.6 Å². The number of rotatable bonds is 6. The van der Waals surface area contributed by atoms with Gasteiger partial charge in [0.15, 0.2) is 0 Å². The van der Waals surface area contributed by atoms with Crippen molar-refractivity contribution < 1.29 is 19.4 Å². The van der Waals surface area contributed by atoms with Gasteiger partial charge in [-0.2, -0.15) is 0 Å². The van der Waals surface area contributed by atoms with Crippen LogP contribution in [0.15, 0.2) is 0 Å². The molecule has 3 N–H and O–H groups in total. The van der Waals surface area contributed by atoms with E-state index in [0.717, 1.165) is 12.8 Å². The van der Waals surface area contributed by atoms with Crippen molar-refractivity contribution in [3.05, 3.63) is 0 Å². The van der Waals surface area contributed by atoms with Crippen LogP contribution in [0, 0.1) is 5.92 Å². The Morgan fingerprint density at radius 2 is 2.28 bits per heavy atom. The lowest BCUT2D eigenvalue weighted by Crippen LogP contribution is -2.48. The van der Waals surface area contributed by atoms with Crippen LogP contribution in [0.1, 0.15) is 25.7 Å². The molecule has 1 aliphatic heterocycles. The molecule has 2 unspecified atom stereocenters. The Morgan fingerprint density at radius 1 is 1.56 bits per heavy atom. The predicted octanol–water partition coefficient (Wildman–Crippen LogP) is 0.0635. The second kappa shape index (κ2) is 7.33. The lowest BCUT2D eigenvalue weighted by Gasteiger charge is -2.33. The molecule has 18 heavy (non-hydrogen) atoms.